The van der Waals surface area contributed by atoms with E-state index in [0.717, 1.165) is 23.5 Å². The van der Waals surface area contributed by atoms with Crippen LogP contribution in [-0.2, 0) is 17.3 Å². The molecule has 2 aliphatic rings. The minimum absolute atomic E-state index is 0.121. The van der Waals surface area contributed by atoms with Crippen molar-refractivity contribution in [3.05, 3.63) is 277 Å². The molecule has 342 valence electrons. The predicted octanol–water partition coefficient (Wildman–Crippen LogP) is 19.1. The lowest BCUT2D eigenvalue weighted by Gasteiger charge is -2.31. The van der Waals surface area contributed by atoms with Crippen LogP contribution in [0, 0.1) is 0 Å². The summed E-state index contributed by atoms with van der Waals surface area (Å²) in [6.45, 7) is 7.21. The molecule has 0 amide bonds. The first-order valence-corrected chi connectivity index (χ1v) is 25.4. The highest BCUT2D eigenvalue weighted by Gasteiger charge is 2.42. The second-order valence-electron chi connectivity index (χ2n) is 20.7. The average Bonchev–Trinajstić information content (AvgIpc) is 3.82. The third kappa shape index (κ3) is 6.49. The third-order valence-electron chi connectivity index (χ3n) is 16.2. The van der Waals surface area contributed by atoms with Gasteiger partial charge in [-0.25, -0.2) is 0 Å². The molecule has 72 heavy (non-hydrogen) atoms. The SMILES string of the molecule is CC1(C)c2ccccc2-c2c(N(c3ccc4ccc(CC5(C)c6ccccc6-c6c(N(c7ccc8ccccc8c7)c7ccc8ccccc8c7)cccc65)cc4c3)c3cccc4ccccc34)cccc21. The normalized spacial score (nSPS) is 15.1. The van der Waals surface area contributed by atoms with E-state index in [1.165, 1.54) is 110 Å². The van der Waals surface area contributed by atoms with Crippen molar-refractivity contribution < 1.29 is 0 Å². The molecule has 0 fully saturated rings. The lowest BCUT2D eigenvalue weighted by Crippen LogP contribution is -2.24. The number of anilines is 6. The molecule has 12 aromatic carbocycles. The monoisotopic (exact) mass is 920 g/mol. The zero-order valence-electron chi connectivity index (χ0n) is 40.8. The van der Waals surface area contributed by atoms with Crippen LogP contribution < -0.4 is 9.80 Å². The lowest BCUT2D eigenvalue weighted by molar-refractivity contribution is 0.583. The molecule has 1 unspecified atom stereocenters. The van der Waals surface area contributed by atoms with Gasteiger partial charge in [-0.2, -0.15) is 0 Å². The van der Waals surface area contributed by atoms with Gasteiger partial charge in [0.05, 0.1) is 17.1 Å². The molecule has 14 rings (SSSR count). The molecule has 2 aliphatic carbocycles. The highest BCUT2D eigenvalue weighted by atomic mass is 15.2. The summed E-state index contributed by atoms with van der Waals surface area (Å²) >= 11 is 0. The third-order valence-corrected chi connectivity index (χ3v) is 16.2. The Labute approximate surface area is 421 Å². The summed E-state index contributed by atoms with van der Waals surface area (Å²) in [7, 11) is 0. The van der Waals surface area contributed by atoms with Crippen LogP contribution in [0.4, 0.5) is 34.1 Å². The Hall–Kier alpha value is -8.72. The highest BCUT2D eigenvalue weighted by Crippen LogP contribution is 2.57. The number of nitrogens with zero attached hydrogens (tertiary/aromatic N) is 2. The van der Waals surface area contributed by atoms with E-state index in [0.29, 0.717) is 0 Å². The first kappa shape index (κ1) is 42.2. The fraction of sp³-hybridized carbons (Fsp3) is 0.0857. The van der Waals surface area contributed by atoms with Gasteiger partial charge in [-0.15, -0.1) is 0 Å². The van der Waals surface area contributed by atoms with Gasteiger partial charge in [0.2, 0.25) is 0 Å². The van der Waals surface area contributed by atoms with E-state index in [9.17, 15) is 0 Å². The summed E-state index contributed by atoms with van der Waals surface area (Å²) in [6.07, 6.45) is 0.845. The van der Waals surface area contributed by atoms with Gasteiger partial charge in [0.1, 0.15) is 0 Å². The van der Waals surface area contributed by atoms with Crippen molar-refractivity contribution in [2.24, 2.45) is 0 Å². The van der Waals surface area contributed by atoms with E-state index in [2.05, 4.69) is 279 Å². The maximum atomic E-state index is 2.52. The summed E-state index contributed by atoms with van der Waals surface area (Å²) in [5, 5.41) is 9.82. The molecular weight excluding hydrogens is 869 g/mol. The Kier molecular flexibility index (Phi) is 9.47. The van der Waals surface area contributed by atoms with Crippen LogP contribution in [0.15, 0.2) is 249 Å². The van der Waals surface area contributed by atoms with Crippen molar-refractivity contribution >= 4 is 77.2 Å². The smallest absolute Gasteiger partial charge is 0.0543 e. The van der Waals surface area contributed by atoms with Crippen molar-refractivity contribution in [2.75, 3.05) is 9.80 Å². The maximum absolute atomic E-state index is 2.52. The predicted molar refractivity (Wildman–Crippen MR) is 305 cm³/mol. The van der Waals surface area contributed by atoms with Gasteiger partial charge in [-0.3, -0.25) is 0 Å². The minimum atomic E-state index is -0.300. The molecule has 0 bridgehead atoms. The number of hydrogen-bond acceptors (Lipinski definition) is 2. The first-order valence-electron chi connectivity index (χ1n) is 25.4. The van der Waals surface area contributed by atoms with Crippen LogP contribution in [0.3, 0.4) is 0 Å². The van der Waals surface area contributed by atoms with Gasteiger partial charge < -0.3 is 9.80 Å². The summed E-state index contributed by atoms with van der Waals surface area (Å²) in [4.78, 5) is 5.01. The van der Waals surface area contributed by atoms with Crippen molar-refractivity contribution in [1.29, 1.82) is 0 Å². The van der Waals surface area contributed by atoms with Gasteiger partial charge >= 0.3 is 0 Å². The standard InChI is InChI=1S/C70H52N2/c1-69(2)60-26-12-10-24-58(60)67-62(69)28-15-32-66(67)72(64-30-14-22-50-19-8-9-23-57(50)64)56-40-37-49-34-33-46(41-53(49)44-56)45-70(3)61-27-13-11-25-59(61)68-63(70)29-16-31-65(68)71(54-38-35-47-17-4-6-20-51(47)42-54)55-39-36-48-18-5-7-21-52(48)43-55/h4-44H,45H2,1-3H3. The van der Waals surface area contributed by atoms with Crippen LogP contribution in [0.25, 0.3) is 65.3 Å². The Morgan fingerprint density at radius 2 is 0.750 bits per heavy atom. The van der Waals surface area contributed by atoms with Crippen LogP contribution in [-0.4, -0.2) is 0 Å². The fourth-order valence-corrected chi connectivity index (χ4v) is 12.7. The molecule has 12 aromatic rings. The molecule has 2 heteroatoms. The van der Waals surface area contributed by atoms with E-state index >= 15 is 0 Å². The topological polar surface area (TPSA) is 6.48 Å². The first-order chi connectivity index (χ1) is 35.3. The highest BCUT2D eigenvalue weighted by molar-refractivity contribution is 6.04. The Morgan fingerprint density at radius 3 is 1.44 bits per heavy atom. The van der Waals surface area contributed by atoms with E-state index in [4.69, 9.17) is 0 Å². The summed E-state index contributed by atoms with van der Waals surface area (Å²) in [5.74, 6) is 0. The maximum Gasteiger partial charge on any atom is 0.0543 e. The van der Waals surface area contributed by atoms with E-state index < -0.39 is 0 Å². The average molecular weight is 921 g/mol. The van der Waals surface area contributed by atoms with Crippen LogP contribution >= 0.6 is 0 Å². The van der Waals surface area contributed by atoms with E-state index in [-0.39, 0.29) is 10.8 Å². The van der Waals surface area contributed by atoms with Gasteiger partial charge in [-0.1, -0.05) is 215 Å². The summed E-state index contributed by atoms with van der Waals surface area (Å²) < 4.78 is 0. The van der Waals surface area contributed by atoms with E-state index in [1.807, 2.05) is 0 Å². The summed E-state index contributed by atoms with van der Waals surface area (Å²) in [5.41, 5.74) is 18.5. The van der Waals surface area contributed by atoms with Crippen LogP contribution in [0.2, 0.25) is 0 Å². The Balaban J connectivity index is 0.913. The van der Waals surface area contributed by atoms with Crippen molar-refractivity contribution in [3.8, 4) is 22.3 Å². The second kappa shape index (κ2) is 16.2. The summed E-state index contributed by atoms with van der Waals surface area (Å²) in [6, 6.07) is 92.9. The molecular formula is C70H52N2. The number of benzene rings is 12. The fourth-order valence-electron chi connectivity index (χ4n) is 12.7. The van der Waals surface area contributed by atoms with E-state index in [1.54, 1.807) is 0 Å². The molecule has 0 saturated carbocycles. The van der Waals surface area contributed by atoms with Crippen molar-refractivity contribution in [3.63, 3.8) is 0 Å². The number of fused-ring (bicyclic) bond motifs is 10. The second-order valence-corrected chi connectivity index (χ2v) is 20.7. The quantitative estimate of drug-likeness (QED) is 0.150. The Bertz CT molecular complexity index is 4080. The largest absolute Gasteiger partial charge is 0.310 e. The van der Waals surface area contributed by atoms with Crippen molar-refractivity contribution in [1.82, 2.24) is 0 Å². The minimum Gasteiger partial charge on any atom is -0.310 e. The van der Waals surface area contributed by atoms with Crippen molar-refractivity contribution in [2.45, 2.75) is 38.0 Å². The molecule has 1 atom stereocenters. The lowest BCUT2D eigenvalue weighted by atomic mass is 9.75. The molecule has 0 aromatic heterocycles. The molecule has 2 nitrogen and oxygen atoms in total. The van der Waals surface area contributed by atoms with Crippen LogP contribution in [0.5, 0.6) is 0 Å². The zero-order valence-corrected chi connectivity index (χ0v) is 40.8. The zero-order chi connectivity index (χ0) is 48.1. The van der Waals surface area contributed by atoms with Crippen LogP contribution in [0.1, 0.15) is 48.6 Å². The molecule has 0 N–H and O–H groups in total. The van der Waals surface area contributed by atoms with Gasteiger partial charge in [0, 0.05) is 44.4 Å². The number of rotatable bonds is 8. The molecule has 0 spiro atoms. The molecule has 0 heterocycles. The molecule has 0 radical (unpaired) electrons. The number of hydrogen-bond donors (Lipinski definition) is 0. The molecule has 0 aliphatic heterocycles. The molecule has 0 saturated heterocycles. The van der Waals surface area contributed by atoms with Gasteiger partial charge in [-0.05, 0) is 138 Å². The van der Waals surface area contributed by atoms with Gasteiger partial charge in [0.25, 0.3) is 0 Å². The van der Waals surface area contributed by atoms with Gasteiger partial charge in [0.15, 0.2) is 0 Å². The Morgan fingerprint density at radius 1 is 0.306 bits per heavy atom.